The normalized spacial score (nSPS) is 7.55. The molecule has 11 heavy (non-hydrogen) atoms. The van der Waals surface area contributed by atoms with Crippen LogP contribution in [-0.2, 0) is 9.36 Å². The van der Waals surface area contributed by atoms with Crippen LogP contribution in [-0.4, -0.2) is 21.4 Å². The molecule has 70 valence electrons. The fraction of sp³-hybridized carbons (Fsp3) is 0. The van der Waals surface area contributed by atoms with Crippen LogP contribution in [0.1, 0.15) is 0 Å². The van der Waals surface area contributed by atoms with Crippen LogP contribution < -0.4 is 0 Å². The molecular weight excluding hydrogens is 211 g/mol. The quantitative estimate of drug-likeness (QED) is 0.417. The molecule has 0 spiro atoms. The Labute approximate surface area is 61.5 Å². The summed E-state index contributed by atoms with van der Waals surface area (Å²) >= 11 is 0. The highest BCUT2D eigenvalue weighted by molar-refractivity contribution is 7.40. The van der Waals surface area contributed by atoms with Gasteiger partial charge in [-0.25, -0.2) is 0 Å². The van der Waals surface area contributed by atoms with Gasteiger partial charge in [0.25, 0.3) is 6.47 Å². The van der Waals surface area contributed by atoms with Gasteiger partial charge in [0.1, 0.15) is 0 Å². The molecule has 0 fully saturated rings. The zero-order chi connectivity index (χ0) is 9.86. The first-order chi connectivity index (χ1) is 4.88. The van der Waals surface area contributed by atoms with Crippen molar-refractivity contribution >= 4 is 23.6 Å². The van der Waals surface area contributed by atoms with E-state index in [9.17, 15) is 12.6 Å². The van der Waals surface area contributed by atoms with Gasteiger partial charge in [0.2, 0.25) is 0 Å². The lowest BCUT2D eigenvalue weighted by molar-refractivity contribution is -0.122. The Morgan fingerprint density at radius 2 is 1.27 bits per heavy atom. The van der Waals surface area contributed by atoms with Crippen molar-refractivity contribution in [2.24, 2.45) is 0 Å². The van der Waals surface area contributed by atoms with Gasteiger partial charge in [-0.1, -0.05) is 0 Å². The minimum absolute atomic E-state index is 0.250. The molecule has 0 aliphatic heterocycles. The summed E-state index contributed by atoms with van der Waals surface area (Å²) in [5.41, 5.74) is 0. The first-order valence-corrected chi connectivity index (χ1v) is 3.97. The molecule has 0 aliphatic rings. The molecule has 0 aromatic carbocycles. The largest absolute Gasteiger partial charge is 0.483 e. The zero-order valence-corrected chi connectivity index (χ0v) is 6.71. The van der Waals surface area contributed by atoms with Crippen molar-refractivity contribution < 1.29 is 36.8 Å². The number of hydrogen-bond acceptors (Lipinski definition) is 2. The van der Waals surface area contributed by atoms with Gasteiger partial charge in [0.15, 0.2) is 0 Å². The van der Waals surface area contributed by atoms with E-state index in [2.05, 4.69) is 0 Å². The topological polar surface area (TPSA) is 94.8 Å². The second-order valence-corrected chi connectivity index (χ2v) is 1.53. The van der Waals surface area contributed by atoms with Crippen LogP contribution in [0, 0.1) is 0 Å². The van der Waals surface area contributed by atoms with E-state index < -0.39 is 17.1 Å². The van der Waals surface area contributed by atoms with Crippen molar-refractivity contribution in [3.8, 4) is 0 Å². The number of carboxylic acid groups (broad SMARTS) is 1. The lowest BCUT2D eigenvalue weighted by Gasteiger charge is -1.61. The summed E-state index contributed by atoms with van der Waals surface area (Å²) in [6, 6.07) is 0. The number of rotatable bonds is 0. The minimum atomic E-state index is -4.12. The Balaban J connectivity index is -0.0000000886. The van der Waals surface area contributed by atoms with E-state index in [1.54, 1.807) is 0 Å². The summed E-state index contributed by atoms with van der Waals surface area (Å²) in [7, 11) is -7.25. The highest BCUT2D eigenvalue weighted by Gasteiger charge is 1.91. The monoisotopic (exact) mass is 216 g/mol. The fourth-order valence-electron chi connectivity index (χ4n) is 0. The molecule has 0 aromatic heterocycles. The van der Waals surface area contributed by atoms with Crippen LogP contribution in [0.3, 0.4) is 0 Å². The van der Waals surface area contributed by atoms with E-state index in [4.69, 9.17) is 24.3 Å². The van der Waals surface area contributed by atoms with Crippen LogP contribution in [0.2, 0.25) is 0 Å². The van der Waals surface area contributed by atoms with Gasteiger partial charge in [-0.05, 0) is 0 Å². The van der Waals surface area contributed by atoms with Crippen LogP contribution in [0.25, 0.3) is 0 Å². The third kappa shape index (κ3) is 23600. The molecule has 0 aliphatic carbocycles. The van der Waals surface area contributed by atoms with Crippen LogP contribution in [0.15, 0.2) is 0 Å². The SMILES string of the molecule is FP(F)F.O=CO.O=[PH](O)O. The number of hydrogen-bond donors (Lipinski definition) is 3. The average Bonchev–Trinajstić information content (AvgIpc) is 1.60. The zero-order valence-electron chi connectivity index (χ0n) is 4.82. The van der Waals surface area contributed by atoms with Crippen molar-refractivity contribution in [1.29, 1.82) is 0 Å². The van der Waals surface area contributed by atoms with Crippen molar-refractivity contribution in [2.75, 3.05) is 0 Å². The van der Waals surface area contributed by atoms with E-state index in [-0.39, 0.29) is 6.47 Å². The lowest BCUT2D eigenvalue weighted by atomic mass is 11.7. The fourth-order valence-corrected chi connectivity index (χ4v) is 0. The maximum absolute atomic E-state index is 9.73. The molecule has 0 bridgehead atoms. The van der Waals surface area contributed by atoms with Crippen LogP contribution in [0.4, 0.5) is 12.6 Å². The first-order valence-electron chi connectivity index (χ1n) is 1.65. The van der Waals surface area contributed by atoms with Crippen molar-refractivity contribution in [3.63, 3.8) is 0 Å². The number of halogens is 3. The lowest BCUT2D eigenvalue weighted by Crippen LogP contribution is -1.49. The molecule has 0 amide bonds. The third-order valence-electron chi connectivity index (χ3n) is 0. The van der Waals surface area contributed by atoms with Gasteiger partial charge >= 0.3 is 17.1 Å². The van der Waals surface area contributed by atoms with Crippen molar-refractivity contribution in [2.45, 2.75) is 0 Å². The van der Waals surface area contributed by atoms with Crippen LogP contribution in [0.5, 0.6) is 0 Å². The van der Waals surface area contributed by atoms with Crippen molar-refractivity contribution in [3.05, 3.63) is 0 Å². The maximum Gasteiger partial charge on any atom is 0.456 e. The van der Waals surface area contributed by atoms with E-state index in [0.29, 0.717) is 0 Å². The first kappa shape index (κ1) is 17.1. The predicted molar refractivity (Wildman–Crippen MR) is 32.4 cm³/mol. The van der Waals surface area contributed by atoms with E-state index >= 15 is 0 Å². The second kappa shape index (κ2) is 16.4. The van der Waals surface area contributed by atoms with E-state index in [1.165, 1.54) is 0 Å². The molecular formula is CH5F3O5P2. The molecule has 0 rings (SSSR count). The summed E-state index contributed by atoms with van der Waals surface area (Å²) in [4.78, 5) is 22.7. The van der Waals surface area contributed by atoms with Gasteiger partial charge in [0.05, 0.1) is 0 Å². The molecule has 0 unspecified atom stereocenters. The summed E-state index contributed by atoms with van der Waals surface area (Å²) in [6.45, 7) is -0.250. The molecule has 0 heterocycles. The van der Waals surface area contributed by atoms with Gasteiger partial charge in [-0.15, -0.1) is 0 Å². The second-order valence-electron chi connectivity index (χ2n) is 0.580. The Morgan fingerprint density at radius 3 is 1.27 bits per heavy atom. The predicted octanol–water partition coefficient (Wildman–Crippen LogP) is 1.18. The summed E-state index contributed by atoms with van der Waals surface area (Å²) in [5.74, 6) is 0. The third-order valence-corrected chi connectivity index (χ3v) is 0. The molecule has 0 saturated heterocycles. The minimum Gasteiger partial charge on any atom is -0.483 e. The Morgan fingerprint density at radius 1 is 1.27 bits per heavy atom. The summed E-state index contributed by atoms with van der Waals surface area (Å²) < 4.78 is 37.9. The standard InChI is InChI=1S/CH2O2.F3P.H3O3P/c2-1-3;2*1-4(2)3/h1H,(H,2,3);;4H,(H2,1,2,3). The Hall–Kier alpha value is -0.160. The average molecular weight is 216 g/mol. The summed E-state index contributed by atoms with van der Waals surface area (Å²) in [6.07, 6.45) is 0. The molecule has 0 saturated carbocycles. The highest BCUT2D eigenvalue weighted by Crippen LogP contribution is 2.39. The van der Waals surface area contributed by atoms with E-state index in [1.807, 2.05) is 0 Å². The van der Waals surface area contributed by atoms with Gasteiger partial charge < -0.3 is 14.9 Å². The van der Waals surface area contributed by atoms with Crippen molar-refractivity contribution in [1.82, 2.24) is 0 Å². The van der Waals surface area contributed by atoms with Gasteiger partial charge in [-0.2, -0.15) is 12.6 Å². The maximum atomic E-state index is 9.73. The van der Waals surface area contributed by atoms with Crippen LogP contribution >= 0.6 is 17.1 Å². The smallest absolute Gasteiger partial charge is 0.456 e. The molecule has 0 radical (unpaired) electrons. The molecule has 0 atom stereocenters. The molecule has 3 N–H and O–H groups in total. The molecule has 0 aromatic rings. The number of carbonyl (C=O) groups is 1. The summed E-state index contributed by atoms with van der Waals surface area (Å²) in [5, 5.41) is 6.89. The van der Waals surface area contributed by atoms with E-state index in [0.717, 1.165) is 0 Å². The highest BCUT2D eigenvalue weighted by atomic mass is 31.2. The van der Waals surface area contributed by atoms with Gasteiger partial charge in [-0.3, -0.25) is 9.36 Å². The Bertz CT molecular complexity index is 91.0. The Kier molecular flexibility index (Phi) is 25.5. The molecule has 5 nitrogen and oxygen atoms in total. The van der Waals surface area contributed by atoms with Gasteiger partial charge in [0, 0.05) is 0 Å². The molecule has 10 heteroatoms.